The van der Waals surface area contributed by atoms with Gasteiger partial charge < -0.3 is 14.7 Å². The van der Waals surface area contributed by atoms with Crippen LogP contribution >= 0.6 is 0 Å². The molecule has 1 fully saturated rings. The summed E-state index contributed by atoms with van der Waals surface area (Å²) in [7, 11) is 1.99. The number of piperazine rings is 1. The van der Waals surface area contributed by atoms with Crippen LogP contribution in [0.15, 0.2) is 73.1 Å². The lowest BCUT2D eigenvalue weighted by atomic mass is 10.2. The van der Waals surface area contributed by atoms with Gasteiger partial charge in [0, 0.05) is 57.0 Å². The van der Waals surface area contributed by atoms with Crippen molar-refractivity contribution < 1.29 is 4.79 Å². The van der Waals surface area contributed by atoms with Gasteiger partial charge in [-0.2, -0.15) is 0 Å². The van der Waals surface area contributed by atoms with Gasteiger partial charge in [0.25, 0.3) is 5.91 Å². The van der Waals surface area contributed by atoms with Gasteiger partial charge in [0.05, 0.1) is 0 Å². The van der Waals surface area contributed by atoms with Crippen LogP contribution in [0, 0.1) is 0 Å². The Morgan fingerprint density at radius 2 is 1.61 bits per heavy atom. The van der Waals surface area contributed by atoms with Crippen LogP contribution in [0.3, 0.4) is 0 Å². The summed E-state index contributed by atoms with van der Waals surface area (Å²) in [6.07, 6.45) is 3.50. The second-order valence-corrected chi connectivity index (χ2v) is 6.76. The molecule has 1 aromatic carbocycles. The molecule has 0 radical (unpaired) electrons. The van der Waals surface area contributed by atoms with E-state index in [0.29, 0.717) is 18.8 Å². The van der Waals surface area contributed by atoms with Gasteiger partial charge in [-0.25, -0.2) is 4.98 Å². The maximum atomic E-state index is 13.0. The minimum Gasteiger partial charge on any atom is -0.353 e. The normalized spacial score (nSPS) is 14.0. The first-order valence-corrected chi connectivity index (χ1v) is 9.42. The number of carbonyl (C=O) groups is 1. The summed E-state index contributed by atoms with van der Waals surface area (Å²) in [5, 5.41) is 0. The van der Waals surface area contributed by atoms with Gasteiger partial charge in [0.15, 0.2) is 0 Å². The molecule has 3 aromatic rings. The number of anilines is 3. The Kier molecular flexibility index (Phi) is 5.19. The number of benzene rings is 1. The minimum atomic E-state index is -0.0241. The van der Waals surface area contributed by atoms with Crippen LogP contribution < -0.4 is 9.80 Å². The summed E-state index contributed by atoms with van der Waals surface area (Å²) in [5.74, 6) is 0.934. The third-order valence-corrected chi connectivity index (χ3v) is 5.03. The van der Waals surface area contributed by atoms with E-state index in [2.05, 4.69) is 19.8 Å². The standard InChI is InChI=1S/C22H23N5O/c1-25(18-7-3-2-4-8-18)19-10-12-23-20(17-19)22(28)27-15-13-26(14-16-27)21-9-5-6-11-24-21/h2-12,17H,13-16H2,1H3. The fourth-order valence-corrected chi connectivity index (χ4v) is 3.39. The molecule has 0 bridgehead atoms. The van der Waals surface area contributed by atoms with Crippen molar-refractivity contribution in [2.75, 3.05) is 43.0 Å². The Morgan fingerprint density at radius 1 is 0.857 bits per heavy atom. The van der Waals surface area contributed by atoms with Crippen molar-refractivity contribution in [1.82, 2.24) is 14.9 Å². The number of rotatable bonds is 4. The van der Waals surface area contributed by atoms with Crippen LogP contribution in [0.25, 0.3) is 0 Å². The van der Waals surface area contributed by atoms with E-state index < -0.39 is 0 Å². The molecule has 0 saturated carbocycles. The Balaban J connectivity index is 1.44. The van der Waals surface area contributed by atoms with E-state index in [1.54, 1.807) is 12.4 Å². The highest BCUT2D eigenvalue weighted by molar-refractivity contribution is 5.93. The van der Waals surface area contributed by atoms with E-state index in [4.69, 9.17) is 0 Å². The molecule has 0 unspecified atom stereocenters. The first kappa shape index (κ1) is 18.0. The summed E-state index contributed by atoms with van der Waals surface area (Å²) in [5.41, 5.74) is 2.49. The largest absolute Gasteiger partial charge is 0.353 e. The van der Waals surface area contributed by atoms with Gasteiger partial charge in [0.1, 0.15) is 11.5 Å². The Hall–Kier alpha value is -3.41. The van der Waals surface area contributed by atoms with Crippen molar-refractivity contribution >= 4 is 23.1 Å². The lowest BCUT2D eigenvalue weighted by Crippen LogP contribution is -2.49. The molecule has 28 heavy (non-hydrogen) atoms. The first-order valence-electron chi connectivity index (χ1n) is 9.42. The van der Waals surface area contributed by atoms with Gasteiger partial charge in [-0.05, 0) is 36.4 Å². The summed E-state index contributed by atoms with van der Waals surface area (Å²) in [6.45, 7) is 2.87. The quantitative estimate of drug-likeness (QED) is 0.703. The summed E-state index contributed by atoms with van der Waals surface area (Å²) in [4.78, 5) is 27.8. The molecule has 0 N–H and O–H groups in total. The number of aromatic nitrogens is 2. The van der Waals surface area contributed by atoms with Crippen molar-refractivity contribution in [2.45, 2.75) is 0 Å². The fraction of sp³-hybridized carbons (Fsp3) is 0.227. The zero-order valence-electron chi connectivity index (χ0n) is 15.9. The number of hydrogen-bond donors (Lipinski definition) is 0. The van der Waals surface area contributed by atoms with Gasteiger partial charge in [-0.1, -0.05) is 24.3 Å². The molecule has 1 aliphatic heterocycles. The number of para-hydroxylation sites is 1. The molecular formula is C22H23N5O. The van der Waals surface area contributed by atoms with Gasteiger partial charge in [-0.15, -0.1) is 0 Å². The summed E-state index contributed by atoms with van der Waals surface area (Å²) >= 11 is 0. The van der Waals surface area contributed by atoms with Gasteiger partial charge in [-0.3, -0.25) is 9.78 Å². The molecule has 1 amide bonds. The van der Waals surface area contributed by atoms with Crippen LogP contribution in [-0.2, 0) is 0 Å². The summed E-state index contributed by atoms with van der Waals surface area (Å²) in [6, 6.07) is 19.7. The number of pyridine rings is 2. The van der Waals surface area contributed by atoms with Crippen LogP contribution in [-0.4, -0.2) is 54.0 Å². The van der Waals surface area contributed by atoms with E-state index in [-0.39, 0.29) is 5.91 Å². The molecule has 6 heteroatoms. The topological polar surface area (TPSA) is 52.6 Å². The first-order chi connectivity index (χ1) is 13.7. The van der Waals surface area contributed by atoms with E-state index in [1.807, 2.05) is 72.6 Å². The lowest BCUT2D eigenvalue weighted by Gasteiger charge is -2.35. The number of hydrogen-bond acceptors (Lipinski definition) is 5. The van der Waals surface area contributed by atoms with Crippen LogP contribution in [0.2, 0.25) is 0 Å². The predicted octanol–water partition coefficient (Wildman–Crippen LogP) is 3.21. The number of amides is 1. The lowest BCUT2D eigenvalue weighted by molar-refractivity contribution is 0.0740. The zero-order chi connectivity index (χ0) is 19.3. The second kappa shape index (κ2) is 8.08. The van der Waals surface area contributed by atoms with Crippen LogP contribution in [0.1, 0.15) is 10.5 Å². The molecular weight excluding hydrogens is 350 g/mol. The van der Waals surface area contributed by atoms with Crippen LogP contribution in [0.5, 0.6) is 0 Å². The molecule has 0 spiro atoms. The van der Waals surface area contributed by atoms with Crippen molar-refractivity contribution in [3.63, 3.8) is 0 Å². The second-order valence-electron chi connectivity index (χ2n) is 6.76. The van der Waals surface area contributed by atoms with E-state index >= 15 is 0 Å². The van der Waals surface area contributed by atoms with E-state index in [1.165, 1.54) is 0 Å². The van der Waals surface area contributed by atoms with Crippen LogP contribution in [0.4, 0.5) is 17.2 Å². The van der Waals surface area contributed by atoms with Gasteiger partial charge in [0.2, 0.25) is 0 Å². The molecule has 142 valence electrons. The Labute approximate surface area is 165 Å². The predicted molar refractivity (Wildman–Crippen MR) is 111 cm³/mol. The van der Waals surface area contributed by atoms with Crippen molar-refractivity contribution in [3.8, 4) is 0 Å². The minimum absolute atomic E-state index is 0.0241. The highest BCUT2D eigenvalue weighted by atomic mass is 16.2. The average Bonchev–Trinajstić information content (AvgIpc) is 2.79. The highest BCUT2D eigenvalue weighted by Crippen LogP contribution is 2.23. The van der Waals surface area contributed by atoms with Crippen molar-refractivity contribution in [2.24, 2.45) is 0 Å². The fourth-order valence-electron chi connectivity index (χ4n) is 3.39. The summed E-state index contributed by atoms with van der Waals surface area (Å²) < 4.78 is 0. The molecule has 2 aromatic heterocycles. The maximum Gasteiger partial charge on any atom is 0.272 e. The maximum absolute atomic E-state index is 13.0. The number of nitrogens with zero attached hydrogens (tertiary/aromatic N) is 5. The molecule has 1 saturated heterocycles. The number of carbonyl (C=O) groups excluding carboxylic acids is 1. The monoisotopic (exact) mass is 373 g/mol. The van der Waals surface area contributed by atoms with Gasteiger partial charge >= 0.3 is 0 Å². The third-order valence-electron chi connectivity index (χ3n) is 5.03. The van der Waals surface area contributed by atoms with E-state index in [0.717, 1.165) is 30.3 Å². The molecule has 6 nitrogen and oxygen atoms in total. The molecule has 0 aliphatic carbocycles. The Morgan fingerprint density at radius 3 is 2.32 bits per heavy atom. The van der Waals surface area contributed by atoms with Crippen molar-refractivity contribution in [1.29, 1.82) is 0 Å². The third kappa shape index (κ3) is 3.81. The molecule has 1 aliphatic rings. The zero-order valence-corrected chi connectivity index (χ0v) is 15.9. The average molecular weight is 373 g/mol. The SMILES string of the molecule is CN(c1ccccc1)c1ccnc(C(=O)N2CCN(c3ccccn3)CC2)c1. The molecule has 3 heterocycles. The molecule has 0 atom stereocenters. The molecule has 4 rings (SSSR count). The van der Waals surface area contributed by atoms with E-state index in [9.17, 15) is 4.79 Å². The highest BCUT2D eigenvalue weighted by Gasteiger charge is 2.24. The Bertz CT molecular complexity index is 924. The smallest absolute Gasteiger partial charge is 0.272 e. The van der Waals surface area contributed by atoms with Crippen molar-refractivity contribution in [3.05, 3.63) is 78.8 Å².